The van der Waals surface area contributed by atoms with E-state index in [1.54, 1.807) is 12.3 Å². The van der Waals surface area contributed by atoms with Crippen molar-refractivity contribution in [3.63, 3.8) is 0 Å². The van der Waals surface area contributed by atoms with E-state index in [2.05, 4.69) is 16.5 Å². The minimum absolute atomic E-state index is 0.404. The number of ether oxygens (including phenoxy) is 1. The van der Waals surface area contributed by atoms with Gasteiger partial charge in [-0.25, -0.2) is 9.97 Å². The van der Waals surface area contributed by atoms with E-state index >= 15 is 0 Å². The van der Waals surface area contributed by atoms with Gasteiger partial charge in [0.2, 0.25) is 0 Å². The van der Waals surface area contributed by atoms with E-state index in [0.29, 0.717) is 19.2 Å². The highest BCUT2D eigenvalue weighted by atomic mass is 16.5. The van der Waals surface area contributed by atoms with Crippen molar-refractivity contribution in [2.24, 2.45) is 5.73 Å². The van der Waals surface area contributed by atoms with Crippen molar-refractivity contribution >= 4 is 0 Å². The molecule has 0 saturated carbocycles. The lowest BCUT2D eigenvalue weighted by atomic mass is 10.2. The lowest BCUT2D eigenvalue weighted by Crippen LogP contribution is -2.05. The van der Waals surface area contributed by atoms with Crippen LogP contribution in [0.3, 0.4) is 0 Å². The Balaban J connectivity index is 2.61. The van der Waals surface area contributed by atoms with Crippen LogP contribution in [0, 0.1) is 6.92 Å². The van der Waals surface area contributed by atoms with Crippen molar-refractivity contribution in [3.05, 3.63) is 30.1 Å². The van der Waals surface area contributed by atoms with Crippen LogP contribution in [0.5, 0.6) is 6.01 Å². The molecule has 1 rings (SSSR count). The average molecular weight is 193 g/mol. The minimum atomic E-state index is 0.404. The summed E-state index contributed by atoms with van der Waals surface area (Å²) >= 11 is 0. The van der Waals surface area contributed by atoms with Crippen molar-refractivity contribution in [3.8, 4) is 6.01 Å². The molecule has 0 atom stereocenters. The van der Waals surface area contributed by atoms with Crippen LogP contribution in [0.2, 0.25) is 0 Å². The fraction of sp³-hybridized carbons (Fsp3) is 0.400. The van der Waals surface area contributed by atoms with Crippen LogP contribution < -0.4 is 10.5 Å². The summed E-state index contributed by atoms with van der Waals surface area (Å²) in [5.74, 6) is 0. The van der Waals surface area contributed by atoms with Crippen LogP contribution in [0.1, 0.15) is 17.7 Å². The third-order valence-corrected chi connectivity index (χ3v) is 1.83. The van der Waals surface area contributed by atoms with Gasteiger partial charge in [-0.2, -0.15) is 0 Å². The van der Waals surface area contributed by atoms with Gasteiger partial charge < -0.3 is 10.5 Å². The molecule has 1 aromatic rings. The molecular weight excluding hydrogens is 178 g/mol. The molecule has 0 spiro atoms. The summed E-state index contributed by atoms with van der Waals surface area (Å²) in [6.07, 6.45) is 4.29. The number of hydrogen-bond acceptors (Lipinski definition) is 4. The molecule has 0 aliphatic carbocycles. The first kappa shape index (κ1) is 10.7. The molecule has 0 aromatic carbocycles. The van der Waals surface area contributed by atoms with E-state index in [1.165, 1.54) is 0 Å². The number of nitrogens with two attached hydrogens (primary N) is 1. The van der Waals surface area contributed by atoms with Gasteiger partial charge in [0, 0.05) is 24.0 Å². The molecule has 0 fully saturated rings. The number of rotatable bonds is 5. The fourth-order valence-corrected chi connectivity index (χ4v) is 0.974. The predicted molar refractivity (Wildman–Crippen MR) is 55.0 cm³/mol. The second kappa shape index (κ2) is 5.34. The first-order valence-electron chi connectivity index (χ1n) is 4.54. The molecule has 0 unspecified atom stereocenters. The van der Waals surface area contributed by atoms with E-state index in [1.807, 2.05) is 6.92 Å². The van der Waals surface area contributed by atoms with Gasteiger partial charge in [-0.3, -0.25) is 0 Å². The van der Waals surface area contributed by atoms with E-state index in [4.69, 9.17) is 10.5 Å². The first-order valence-corrected chi connectivity index (χ1v) is 4.54. The summed E-state index contributed by atoms with van der Waals surface area (Å²) in [6.45, 7) is 6.51. The molecule has 2 N–H and O–H groups in total. The molecule has 76 valence electrons. The molecule has 0 saturated heterocycles. The van der Waals surface area contributed by atoms with Gasteiger partial charge in [0.25, 0.3) is 0 Å². The molecule has 4 heteroatoms. The van der Waals surface area contributed by atoms with E-state index in [0.717, 1.165) is 17.7 Å². The van der Waals surface area contributed by atoms with E-state index in [-0.39, 0.29) is 0 Å². The second-order valence-corrected chi connectivity index (χ2v) is 2.89. The monoisotopic (exact) mass is 193 g/mol. The zero-order chi connectivity index (χ0) is 10.4. The van der Waals surface area contributed by atoms with Crippen molar-refractivity contribution < 1.29 is 4.74 Å². The molecule has 0 radical (unpaired) electrons. The molecule has 0 amide bonds. The number of nitrogens with zero attached hydrogens (tertiary/aromatic N) is 2. The summed E-state index contributed by atoms with van der Waals surface area (Å²) in [5.41, 5.74) is 7.31. The maximum Gasteiger partial charge on any atom is 0.316 e. The molecule has 14 heavy (non-hydrogen) atoms. The van der Waals surface area contributed by atoms with Crippen LogP contribution in [0.15, 0.2) is 18.9 Å². The Morgan fingerprint density at radius 1 is 1.64 bits per heavy atom. The highest BCUT2D eigenvalue weighted by Gasteiger charge is 2.01. The molecule has 1 heterocycles. The maximum absolute atomic E-state index is 5.49. The van der Waals surface area contributed by atoms with Crippen LogP contribution in [0.25, 0.3) is 0 Å². The Labute approximate surface area is 83.8 Å². The summed E-state index contributed by atoms with van der Waals surface area (Å²) in [6, 6.07) is 0.404. The highest BCUT2D eigenvalue weighted by molar-refractivity contribution is 5.17. The molecular formula is C10H15N3O. The van der Waals surface area contributed by atoms with Crippen molar-refractivity contribution in [1.82, 2.24) is 9.97 Å². The van der Waals surface area contributed by atoms with Gasteiger partial charge in [0.1, 0.15) is 0 Å². The zero-order valence-electron chi connectivity index (χ0n) is 8.36. The third-order valence-electron chi connectivity index (χ3n) is 1.83. The largest absolute Gasteiger partial charge is 0.463 e. The van der Waals surface area contributed by atoms with Gasteiger partial charge >= 0.3 is 6.01 Å². The van der Waals surface area contributed by atoms with Crippen LogP contribution in [-0.2, 0) is 6.54 Å². The summed E-state index contributed by atoms with van der Waals surface area (Å²) in [5, 5.41) is 0. The first-order chi connectivity index (χ1) is 6.77. The summed E-state index contributed by atoms with van der Waals surface area (Å²) in [4.78, 5) is 8.20. The lowest BCUT2D eigenvalue weighted by Gasteiger charge is -2.05. The van der Waals surface area contributed by atoms with Crippen molar-refractivity contribution in [1.29, 1.82) is 0 Å². The molecule has 0 aliphatic rings. The molecule has 0 aliphatic heterocycles. The SMILES string of the molecule is C=CCCOc1ncc(CN)c(C)n1. The van der Waals surface area contributed by atoms with Crippen LogP contribution in [-0.4, -0.2) is 16.6 Å². The van der Waals surface area contributed by atoms with Gasteiger partial charge in [-0.15, -0.1) is 6.58 Å². The van der Waals surface area contributed by atoms with Crippen molar-refractivity contribution in [2.75, 3.05) is 6.61 Å². The second-order valence-electron chi connectivity index (χ2n) is 2.89. The minimum Gasteiger partial charge on any atom is -0.463 e. The normalized spacial score (nSPS) is 9.86. The van der Waals surface area contributed by atoms with Crippen molar-refractivity contribution in [2.45, 2.75) is 19.9 Å². The van der Waals surface area contributed by atoms with Crippen LogP contribution >= 0.6 is 0 Å². The maximum atomic E-state index is 5.49. The van der Waals surface area contributed by atoms with Gasteiger partial charge in [-0.1, -0.05) is 6.08 Å². The standard InChI is InChI=1S/C10H15N3O/c1-3-4-5-14-10-12-7-9(6-11)8(2)13-10/h3,7H,1,4-6,11H2,2H3. The average Bonchev–Trinajstić information content (AvgIpc) is 2.18. The zero-order valence-corrected chi connectivity index (χ0v) is 8.36. The van der Waals surface area contributed by atoms with Gasteiger partial charge in [0.15, 0.2) is 0 Å². The summed E-state index contributed by atoms with van der Waals surface area (Å²) < 4.78 is 5.29. The quantitative estimate of drug-likeness (QED) is 0.563. The number of aryl methyl sites for hydroxylation is 1. The highest BCUT2D eigenvalue weighted by Crippen LogP contribution is 2.07. The third kappa shape index (κ3) is 2.81. The molecule has 0 bridgehead atoms. The Morgan fingerprint density at radius 3 is 3.00 bits per heavy atom. The Kier molecular flexibility index (Phi) is 4.07. The topological polar surface area (TPSA) is 61.0 Å². The van der Waals surface area contributed by atoms with Crippen LogP contribution in [0.4, 0.5) is 0 Å². The fourth-order valence-electron chi connectivity index (χ4n) is 0.974. The Bertz CT molecular complexity index is 312. The smallest absolute Gasteiger partial charge is 0.316 e. The van der Waals surface area contributed by atoms with Gasteiger partial charge in [0.05, 0.1) is 6.61 Å². The Morgan fingerprint density at radius 2 is 2.43 bits per heavy atom. The van der Waals surface area contributed by atoms with E-state index in [9.17, 15) is 0 Å². The predicted octanol–water partition coefficient (Wildman–Crippen LogP) is 1.20. The molecule has 4 nitrogen and oxygen atoms in total. The van der Waals surface area contributed by atoms with Gasteiger partial charge in [-0.05, 0) is 13.3 Å². The van der Waals surface area contributed by atoms with E-state index < -0.39 is 0 Å². The molecule has 1 aromatic heterocycles. The Hall–Kier alpha value is -1.42. The lowest BCUT2D eigenvalue weighted by molar-refractivity contribution is 0.298. The number of hydrogen-bond donors (Lipinski definition) is 1. The number of aromatic nitrogens is 2. The summed E-state index contributed by atoms with van der Waals surface area (Å²) in [7, 11) is 0.